The summed E-state index contributed by atoms with van der Waals surface area (Å²) in [4.78, 5) is 9.06. The molecule has 2 rings (SSSR count). The Hall–Kier alpha value is -1.40. The molecule has 1 heterocycles. The van der Waals surface area contributed by atoms with Crippen LogP contribution in [0.4, 0.5) is 11.6 Å². The van der Waals surface area contributed by atoms with Crippen molar-refractivity contribution in [3.8, 4) is 0 Å². The van der Waals surface area contributed by atoms with Crippen molar-refractivity contribution in [2.24, 2.45) is 0 Å². The summed E-state index contributed by atoms with van der Waals surface area (Å²) in [5.74, 6) is 3.28. The van der Waals surface area contributed by atoms with E-state index in [2.05, 4.69) is 20.6 Å². The summed E-state index contributed by atoms with van der Waals surface area (Å²) in [5.41, 5.74) is 0. The molecule has 112 valence electrons. The Morgan fingerprint density at radius 1 is 1.20 bits per heavy atom. The normalized spacial score (nSPS) is 14.3. The van der Waals surface area contributed by atoms with Crippen molar-refractivity contribution in [1.29, 1.82) is 0 Å². The van der Waals surface area contributed by atoms with Crippen LogP contribution in [0, 0.1) is 0 Å². The summed E-state index contributed by atoms with van der Waals surface area (Å²) in [7, 11) is 3.56. The van der Waals surface area contributed by atoms with Gasteiger partial charge in [-0.25, -0.2) is 9.97 Å². The molecular formula is C14H24N4O2. The standard InChI is InChI=1S/C14H24N4O2/c1-15-12-10-13(18-14(17-12)11-4-5-11)16-6-3-7-20-9-8-19-2/h10-11H,3-9H2,1-2H3,(H2,15,16,17,18). The molecule has 6 nitrogen and oxygen atoms in total. The van der Waals surface area contributed by atoms with Crippen LogP contribution in [0.25, 0.3) is 0 Å². The largest absolute Gasteiger partial charge is 0.382 e. The van der Waals surface area contributed by atoms with Gasteiger partial charge >= 0.3 is 0 Å². The number of nitrogens with one attached hydrogen (secondary N) is 2. The van der Waals surface area contributed by atoms with E-state index in [0.717, 1.165) is 37.0 Å². The van der Waals surface area contributed by atoms with Crippen molar-refractivity contribution in [2.45, 2.75) is 25.2 Å². The molecule has 6 heteroatoms. The second-order valence-corrected chi connectivity index (χ2v) is 4.91. The fraction of sp³-hybridized carbons (Fsp3) is 0.714. The van der Waals surface area contributed by atoms with E-state index in [4.69, 9.17) is 9.47 Å². The number of hydrogen-bond acceptors (Lipinski definition) is 6. The molecule has 1 aliphatic rings. The highest BCUT2D eigenvalue weighted by atomic mass is 16.5. The predicted octanol–water partition coefficient (Wildman–Crippen LogP) is 1.86. The topological polar surface area (TPSA) is 68.3 Å². The summed E-state index contributed by atoms with van der Waals surface area (Å²) in [6.45, 7) is 2.88. The third-order valence-corrected chi connectivity index (χ3v) is 3.15. The molecule has 0 unspecified atom stereocenters. The molecule has 0 radical (unpaired) electrons. The Balaban J connectivity index is 1.73. The van der Waals surface area contributed by atoms with Crippen LogP contribution in [-0.2, 0) is 9.47 Å². The lowest BCUT2D eigenvalue weighted by Crippen LogP contribution is -2.10. The lowest BCUT2D eigenvalue weighted by atomic mass is 10.3. The van der Waals surface area contributed by atoms with Gasteiger partial charge in [-0.3, -0.25) is 0 Å². The van der Waals surface area contributed by atoms with E-state index in [1.165, 1.54) is 12.8 Å². The van der Waals surface area contributed by atoms with E-state index in [1.54, 1.807) is 7.11 Å². The molecule has 20 heavy (non-hydrogen) atoms. The maximum Gasteiger partial charge on any atom is 0.136 e. The average Bonchev–Trinajstić information content (AvgIpc) is 3.30. The average molecular weight is 280 g/mol. The number of anilines is 2. The van der Waals surface area contributed by atoms with Crippen LogP contribution >= 0.6 is 0 Å². The number of nitrogens with zero attached hydrogens (tertiary/aromatic N) is 2. The van der Waals surface area contributed by atoms with Crippen LogP contribution in [0.2, 0.25) is 0 Å². The second-order valence-electron chi connectivity index (χ2n) is 4.91. The molecule has 0 atom stereocenters. The van der Waals surface area contributed by atoms with E-state index in [-0.39, 0.29) is 0 Å². The molecule has 0 saturated heterocycles. The number of rotatable bonds is 10. The third-order valence-electron chi connectivity index (χ3n) is 3.15. The van der Waals surface area contributed by atoms with Gasteiger partial charge in [-0.2, -0.15) is 0 Å². The molecule has 0 spiro atoms. The first-order valence-electron chi connectivity index (χ1n) is 7.20. The van der Waals surface area contributed by atoms with Gasteiger partial charge in [-0.15, -0.1) is 0 Å². The van der Waals surface area contributed by atoms with Gasteiger partial charge in [0.1, 0.15) is 17.5 Å². The van der Waals surface area contributed by atoms with E-state index in [9.17, 15) is 0 Å². The minimum Gasteiger partial charge on any atom is -0.382 e. The smallest absolute Gasteiger partial charge is 0.136 e. The Labute approximate surface area is 120 Å². The molecule has 0 amide bonds. The van der Waals surface area contributed by atoms with E-state index in [0.29, 0.717) is 19.1 Å². The second kappa shape index (κ2) is 8.01. The maximum atomic E-state index is 5.42. The zero-order chi connectivity index (χ0) is 14.2. The van der Waals surface area contributed by atoms with E-state index in [1.807, 2.05) is 13.1 Å². The zero-order valence-electron chi connectivity index (χ0n) is 12.3. The number of hydrogen-bond donors (Lipinski definition) is 2. The van der Waals surface area contributed by atoms with Gasteiger partial charge in [0.15, 0.2) is 0 Å². The first kappa shape index (κ1) is 15.0. The third kappa shape index (κ3) is 4.94. The molecule has 0 aromatic carbocycles. The summed E-state index contributed by atoms with van der Waals surface area (Å²) < 4.78 is 10.3. The Morgan fingerprint density at radius 2 is 2.00 bits per heavy atom. The van der Waals surface area contributed by atoms with Crippen molar-refractivity contribution < 1.29 is 9.47 Å². The quantitative estimate of drug-likeness (QED) is 0.638. The molecule has 0 aliphatic heterocycles. The van der Waals surface area contributed by atoms with Gasteiger partial charge in [0.2, 0.25) is 0 Å². The highest BCUT2D eigenvalue weighted by Crippen LogP contribution is 2.38. The van der Waals surface area contributed by atoms with Gasteiger partial charge in [-0.05, 0) is 19.3 Å². The van der Waals surface area contributed by atoms with E-state index >= 15 is 0 Å². The fourth-order valence-corrected chi connectivity index (χ4v) is 1.84. The van der Waals surface area contributed by atoms with Crippen LogP contribution in [0.5, 0.6) is 0 Å². The molecule has 1 aromatic rings. The molecule has 0 bridgehead atoms. The van der Waals surface area contributed by atoms with Gasteiger partial charge < -0.3 is 20.1 Å². The van der Waals surface area contributed by atoms with Gasteiger partial charge in [0.05, 0.1) is 13.2 Å². The fourth-order valence-electron chi connectivity index (χ4n) is 1.84. The van der Waals surface area contributed by atoms with Crippen LogP contribution in [0.3, 0.4) is 0 Å². The van der Waals surface area contributed by atoms with Crippen molar-refractivity contribution >= 4 is 11.6 Å². The summed E-state index contributed by atoms with van der Waals surface area (Å²) in [6.07, 6.45) is 3.36. The Kier molecular flexibility index (Phi) is 6.01. The highest BCUT2D eigenvalue weighted by Gasteiger charge is 2.27. The molecule has 1 saturated carbocycles. The molecule has 2 N–H and O–H groups in total. The van der Waals surface area contributed by atoms with Crippen molar-refractivity contribution in [2.75, 3.05) is 51.2 Å². The summed E-state index contributed by atoms with van der Waals surface area (Å²) in [5, 5.41) is 6.42. The molecule has 1 fully saturated rings. The van der Waals surface area contributed by atoms with Crippen molar-refractivity contribution in [3.05, 3.63) is 11.9 Å². The van der Waals surface area contributed by atoms with Crippen LogP contribution in [0.15, 0.2) is 6.07 Å². The maximum absolute atomic E-state index is 5.42. The van der Waals surface area contributed by atoms with Crippen molar-refractivity contribution in [3.63, 3.8) is 0 Å². The number of methoxy groups -OCH3 is 1. The number of aromatic nitrogens is 2. The molecular weight excluding hydrogens is 256 g/mol. The van der Waals surface area contributed by atoms with Crippen LogP contribution < -0.4 is 10.6 Å². The first-order chi connectivity index (χ1) is 9.83. The van der Waals surface area contributed by atoms with Crippen molar-refractivity contribution in [1.82, 2.24) is 9.97 Å². The van der Waals surface area contributed by atoms with E-state index < -0.39 is 0 Å². The van der Waals surface area contributed by atoms with Gasteiger partial charge in [0, 0.05) is 39.3 Å². The Morgan fingerprint density at radius 3 is 2.70 bits per heavy atom. The highest BCUT2D eigenvalue weighted by molar-refractivity contribution is 5.47. The molecule has 1 aliphatic carbocycles. The zero-order valence-corrected chi connectivity index (χ0v) is 12.3. The SMILES string of the molecule is CNc1cc(NCCCOCCOC)nc(C2CC2)n1. The van der Waals surface area contributed by atoms with Crippen LogP contribution in [0.1, 0.15) is 31.0 Å². The minimum absolute atomic E-state index is 0.557. The van der Waals surface area contributed by atoms with Gasteiger partial charge in [-0.1, -0.05) is 0 Å². The predicted molar refractivity (Wildman–Crippen MR) is 79.4 cm³/mol. The summed E-state index contributed by atoms with van der Waals surface area (Å²) >= 11 is 0. The lowest BCUT2D eigenvalue weighted by Gasteiger charge is -2.09. The van der Waals surface area contributed by atoms with Gasteiger partial charge in [0.25, 0.3) is 0 Å². The van der Waals surface area contributed by atoms with Crippen LogP contribution in [-0.4, -0.2) is 50.5 Å². The number of ether oxygens (including phenoxy) is 2. The molecule has 1 aromatic heterocycles. The summed E-state index contributed by atoms with van der Waals surface area (Å²) in [6, 6.07) is 1.94. The first-order valence-corrected chi connectivity index (χ1v) is 7.20. The Bertz CT molecular complexity index is 410. The minimum atomic E-state index is 0.557. The lowest BCUT2D eigenvalue weighted by molar-refractivity contribution is 0.0705. The monoisotopic (exact) mass is 280 g/mol.